The third-order valence-electron chi connectivity index (χ3n) is 7.03. The Balaban J connectivity index is 0.00000140. The van der Waals surface area contributed by atoms with Crippen molar-refractivity contribution in [2.45, 2.75) is 31.8 Å². The van der Waals surface area contributed by atoms with Gasteiger partial charge < -0.3 is 30.2 Å². The van der Waals surface area contributed by atoms with Gasteiger partial charge in [0.25, 0.3) is 0 Å². The van der Waals surface area contributed by atoms with Crippen LogP contribution in [0.3, 0.4) is 0 Å². The predicted octanol–water partition coefficient (Wildman–Crippen LogP) is 3.90. The van der Waals surface area contributed by atoms with Gasteiger partial charge in [-0.2, -0.15) is 0 Å². The molecular weight excluding hydrogens is 553 g/mol. The number of anilines is 1. The molecule has 5 aromatic rings. The number of piperidine rings is 1. The van der Waals surface area contributed by atoms with Gasteiger partial charge in [0.05, 0.1) is 23.3 Å². The van der Waals surface area contributed by atoms with E-state index in [1.54, 1.807) is 0 Å². The number of fused-ring (bicyclic) bond motifs is 2. The van der Waals surface area contributed by atoms with Crippen molar-refractivity contribution in [3.63, 3.8) is 0 Å². The fraction of sp³-hybridized carbons (Fsp3) is 0.276. The number of benzene rings is 2. The van der Waals surface area contributed by atoms with Crippen molar-refractivity contribution >= 4 is 52.8 Å². The summed E-state index contributed by atoms with van der Waals surface area (Å²) >= 11 is 0. The van der Waals surface area contributed by atoms with E-state index in [1.165, 1.54) is 0 Å². The molecule has 1 saturated heterocycles. The van der Waals surface area contributed by atoms with Gasteiger partial charge in [0.15, 0.2) is 0 Å². The highest BCUT2D eigenvalue weighted by Gasteiger charge is 2.22. The van der Waals surface area contributed by atoms with Gasteiger partial charge in [0.1, 0.15) is 5.58 Å². The molecule has 0 amide bonds. The Kier molecular flexibility index (Phi) is 12.1. The minimum Gasteiger partial charge on any atom is -0.423 e. The molecule has 4 heterocycles. The molecule has 40 heavy (non-hydrogen) atoms. The Morgan fingerprint density at radius 1 is 0.925 bits per heavy atom. The summed E-state index contributed by atoms with van der Waals surface area (Å²) in [6.07, 6.45) is 4.59. The second kappa shape index (κ2) is 14.8. The maximum absolute atomic E-state index is 12.4. The molecule has 0 saturated carbocycles. The summed E-state index contributed by atoms with van der Waals surface area (Å²) in [7, 11) is 0. The molecule has 2 aromatic carbocycles. The minimum atomic E-state index is -0.225. The minimum absolute atomic E-state index is 0. The smallest absolute Gasteiger partial charge is 0.339 e. The van der Waals surface area contributed by atoms with Crippen molar-refractivity contribution < 1.29 is 15.4 Å². The third kappa shape index (κ3) is 7.18. The second-order valence-corrected chi connectivity index (χ2v) is 9.44. The molecule has 6 rings (SSSR count). The lowest BCUT2D eigenvalue weighted by Gasteiger charge is -2.32. The van der Waals surface area contributed by atoms with Gasteiger partial charge >= 0.3 is 5.63 Å². The van der Waals surface area contributed by atoms with Crippen LogP contribution in [0.1, 0.15) is 24.1 Å². The first kappa shape index (κ1) is 32.7. The van der Waals surface area contributed by atoms with E-state index in [9.17, 15) is 4.79 Å². The number of pyridine rings is 1. The second-order valence-electron chi connectivity index (χ2n) is 9.44. The SMILES string of the molecule is Cl.Cl.O.O.O=c1oc2ccccc2cc1CCN1CCC(Nc2nc3ccccc3n2Cc2ccccn2)CC1. The first-order chi connectivity index (χ1) is 17.7. The number of hydrogen-bond donors (Lipinski definition) is 1. The highest BCUT2D eigenvalue weighted by Crippen LogP contribution is 2.23. The first-order valence-corrected chi connectivity index (χ1v) is 12.6. The van der Waals surface area contributed by atoms with Crippen LogP contribution in [-0.2, 0) is 13.0 Å². The number of likely N-dealkylation sites (tertiary alicyclic amines) is 1. The molecule has 0 bridgehead atoms. The topological polar surface area (TPSA) is 139 Å². The molecule has 0 aliphatic carbocycles. The number of halogens is 2. The van der Waals surface area contributed by atoms with E-state index in [0.717, 1.165) is 66.1 Å². The molecule has 1 aliphatic rings. The summed E-state index contributed by atoms with van der Waals surface area (Å²) in [6, 6.07) is 24.3. The first-order valence-electron chi connectivity index (χ1n) is 12.6. The number of nitrogens with zero attached hydrogens (tertiary/aromatic N) is 4. The van der Waals surface area contributed by atoms with Crippen molar-refractivity contribution in [2.24, 2.45) is 0 Å². The summed E-state index contributed by atoms with van der Waals surface area (Å²) in [5, 5.41) is 4.69. The summed E-state index contributed by atoms with van der Waals surface area (Å²) < 4.78 is 7.72. The van der Waals surface area contributed by atoms with E-state index in [4.69, 9.17) is 9.40 Å². The van der Waals surface area contributed by atoms with E-state index >= 15 is 0 Å². The quantitative estimate of drug-likeness (QED) is 0.286. The van der Waals surface area contributed by atoms with Crippen LogP contribution in [0.5, 0.6) is 0 Å². The van der Waals surface area contributed by atoms with Gasteiger partial charge in [0, 0.05) is 42.8 Å². The average Bonchev–Trinajstić information content (AvgIpc) is 3.25. The molecule has 214 valence electrons. The van der Waals surface area contributed by atoms with E-state index in [2.05, 4.69) is 38.0 Å². The summed E-state index contributed by atoms with van der Waals surface area (Å²) in [5.74, 6) is 0.897. The molecule has 3 aromatic heterocycles. The van der Waals surface area contributed by atoms with Gasteiger partial charge in [-0.25, -0.2) is 9.78 Å². The summed E-state index contributed by atoms with van der Waals surface area (Å²) in [4.78, 5) is 24.2. The van der Waals surface area contributed by atoms with Gasteiger partial charge in [-0.3, -0.25) is 4.98 Å². The lowest BCUT2D eigenvalue weighted by molar-refractivity contribution is 0.220. The Bertz CT molecular complexity index is 1550. The van der Waals surface area contributed by atoms with Crippen molar-refractivity contribution in [3.8, 4) is 0 Å². The van der Waals surface area contributed by atoms with E-state index in [0.29, 0.717) is 24.6 Å². The Hall–Kier alpha value is -3.47. The zero-order valence-electron chi connectivity index (χ0n) is 22.0. The average molecular weight is 589 g/mol. The zero-order valence-corrected chi connectivity index (χ0v) is 23.6. The van der Waals surface area contributed by atoms with Crippen LogP contribution in [0.4, 0.5) is 5.95 Å². The standard InChI is InChI=1S/C29H29N5O2.2ClH.2H2O/c35-28-22(19-21-7-1-4-11-27(21)36-28)12-16-33-17-13-23(14-18-33)31-29-32-25-9-2-3-10-26(25)34(29)20-24-8-5-6-15-30-24;;;;/h1-11,15,19,23H,12-14,16-18,20H2,(H,31,32);2*1H;2*1H2. The monoisotopic (exact) mass is 587 g/mol. The summed E-state index contributed by atoms with van der Waals surface area (Å²) in [5.41, 5.74) is 4.28. The van der Waals surface area contributed by atoms with Gasteiger partial charge in [-0.1, -0.05) is 36.4 Å². The van der Waals surface area contributed by atoms with Gasteiger partial charge in [-0.15, -0.1) is 24.8 Å². The van der Waals surface area contributed by atoms with Crippen LogP contribution in [0.25, 0.3) is 22.0 Å². The maximum Gasteiger partial charge on any atom is 0.339 e. The molecule has 0 radical (unpaired) electrons. The van der Waals surface area contributed by atoms with Crippen molar-refractivity contribution in [3.05, 3.63) is 101 Å². The van der Waals surface area contributed by atoms with Crippen LogP contribution in [0.15, 0.2) is 88.2 Å². The number of rotatable bonds is 7. The number of aromatic nitrogens is 3. The lowest BCUT2D eigenvalue weighted by atomic mass is 10.0. The highest BCUT2D eigenvalue weighted by molar-refractivity contribution is 5.85. The highest BCUT2D eigenvalue weighted by atomic mass is 35.5. The molecule has 5 N–H and O–H groups in total. The Morgan fingerprint density at radius 3 is 2.42 bits per heavy atom. The number of nitrogens with one attached hydrogen (secondary N) is 1. The lowest BCUT2D eigenvalue weighted by Crippen LogP contribution is -2.40. The van der Waals surface area contributed by atoms with E-state index < -0.39 is 0 Å². The molecule has 0 spiro atoms. The number of hydrogen-bond acceptors (Lipinski definition) is 6. The fourth-order valence-corrected chi connectivity index (χ4v) is 5.04. The fourth-order valence-electron chi connectivity index (χ4n) is 5.04. The largest absolute Gasteiger partial charge is 0.423 e. The van der Waals surface area contributed by atoms with Gasteiger partial charge in [-0.05, 0) is 55.7 Å². The molecule has 9 nitrogen and oxygen atoms in total. The van der Waals surface area contributed by atoms with Crippen molar-refractivity contribution in [1.82, 2.24) is 19.4 Å². The van der Waals surface area contributed by atoms with Crippen LogP contribution in [0.2, 0.25) is 0 Å². The van der Waals surface area contributed by atoms with Gasteiger partial charge in [0.2, 0.25) is 5.95 Å². The molecule has 1 fully saturated rings. The van der Waals surface area contributed by atoms with Crippen molar-refractivity contribution in [2.75, 3.05) is 25.0 Å². The molecular formula is C29H35Cl2N5O4. The summed E-state index contributed by atoms with van der Waals surface area (Å²) in [6.45, 7) is 3.50. The molecule has 1 aliphatic heterocycles. The Morgan fingerprint density at radius 2 is 1.65 bits per heavy atom. The number of imidazole rings is 1. The predicted molar refractivity (Wildman–Crippen MR) is 164 cm³/mol. The van der Waals surface area contributed by atoms with Crippen molar-refractivity contribution in [1.29, 1.82) is 0 Å². The number of para-hydroxylation sites is 3. The maximum atomic E-state index is 12.4. The Labute approximate surface area is 244 Å². The molecule has 0 atom stereocenters. The molecule has 0 unspecified atom stereocenters. The van der Waals surface area contributed by atoms with Crippen LogP contribution in [-0.4, -0.2) is 56.1 Å². The van der Waals surface area contributed by atoms with Crippen LogP contribution < -0.4 is 10.9 Å². The van der Waals surface area contributed by atoms with E-state index in [1.807, 2.05) is 60.8 Å². The normalized spacial score (nSPS) is 13.5. The third-order valence-corrected chi connectivity index (χ3v) is 7.03. The zero-order chi connectivity index (χ0) is 24.3. The van der Waals surface area contributed by atoms with E-state index in [-0.39, 0.29) is 41.4 Å². The van der Waals surface area contributed by atoms with Crippen LogP contribution >= 0.6 is 24.8 Å². The van der Waals surface area contributed by atoms with Crippen LogP contribution in [0, 0.1) is 0 Å². The molecule has 11 heteroatoms.